The number of amides is 1. The Labute approximate surface area is 136 Å². The highest BCUT2D eigenvalue weighted by Gasteiger charge is 2.29. The van der Waals surface area contributed by atoms with Crippen LogP contribution < -0.4 is 10.6 Å². The first-order chi connectivity index (χ1) is 10.5. The fourth-order valence-corrected chi connectivity index (χ4v) is 3.84. The van der Waals surface area contributed by atoms with Crippen molar-refractivity contribution in [3.63, 3.8) is 0 Å². The van der Waals surface area contributed by atoms with Crippen LogP contribution in [0.3, 0.4) is 0 Å². The van der Waals surface area contributed by atoms with Gasteiger partial charge in [-0.25, -0.2) is 4.79 Å². The van der Waals surface area contributed by atoms with Crippen molar-refractivity contribution < 1.29 is 19.5 Å². The quantitative estimate of drug-likeness (QED) is 0.669. The van der Waals surface area contributed by atoms with E-state index in [2.05, 4.69) is 10.6 Å². The van der Waals surface area contributed by atoms with Gasteiger partial charge in [-0.3, -0.25) is 4.79 Å². The van der Waals surface area contributed by atoms with Crippen molar-refractivity contribution in [3.05, 3.63) is 33.7 Å². The molecule has 0 fully saturated rings. The Morgan fingerprint density at radius 3 is 2.95 bits per heavy atom. The molecule has 3 N–H and O–H groups in total. The zero-order valence-electron chi connectivity index (χ0n) is 11.9. The number of hydrogen-bond acceptors (Lipinski definition) is 6. The third-order valence-corrected chi connectivity index (χ3v) is 5.37. The van der Waals surface area contributed by atoms with E-state index in [9.17, 15) is 14.4 Å². The molecule has 0 bridgehead atoms. The molecular weight excluding hydrogens is 324 g/mol. The van der Waals surface area contributed by atoms with Gasteiger partial charge in [0.15, 0.2) is 0 Å². The lowest BCUT2D eigenvalue weighted by Gasteiger charge is -2.30. The number of carboxylic acids is 1. The van der Waals surface area contributed by atoms with Crippen molar-refractivity contribution in [3.8, 4) is 0 Å². The molecule has 0 aliphatic carbocycles. The summed E-state index contributed by atoms with van der Waals surface area (Å²) >= 11 is 2.87. The molecule has 6 nitrogen and oxygen atoms in total. The standard InChI is InChI=1S/C14H16N2O4S2/c1-8-7-22-13(16-12(8)14(19)20)10(6-17)15-11(18)5-9-3-2-4-21-9/h2-4,6,10,13,16H,5,7H2,1H3,(H,15,18)(H,19,20). The molecule has 0 saturated heterocycles. The van der Waals surface area contributed by atoms with Gasteiger partial charge in [-0.2, -0.15) is 0 Å². The molecule has 1 aromatic heterocycles. The van der Waals surface area contributed by atoms with Gasteiger partial charge in [0.1, 0.15) is 23.4 Å². The van der Waals surface area contributed by atoms with Gasteiger partial charge in [0.2, 0.25) is 5.91 Å². The molecule has 8 heteroatoms. The second kappa shape index (κ2) is 7.46. The van der Waals surface area contributed by atoms with E-state index in [4.69, 9.17) is 5.11 Å². The van der Waals surface area contributed by atoms with Gasteiger partial charge in [-0.15, -0.1) is 23.1 Å². The maximum Gasteiger partial charge on any atom is 0.351 e. The first-order valence-corrected chi connectivity index (χ1v) is 8.52. The van der Waals surface area contributed by atoms with E-state index >= 15 is 0 Å². The second-order valence-electron chi connectivity index (χ2n) is 4.82. The molecular formula is C14H16N2O4S2. The van der Waals surface area contributed by atoms with Crippen molar-refractivity contribution >= 4 is 41.3 Å². The molecule has 0 saturated carbocycles. The van der Waals surface area contributed by atoms with Gasteiger partial charge in [-0.1, -0.05) is 6.07 Å². The predicted molar refractivity (Wildman–Crippen MR) is 85.7 cm³/mol. The van der Waals surface area contributed by atoms with E-state index in [1.54, 1.807) is 6.92 Å². The molecule has 0 radical (unpaired) electrons. The number of thioether (sulfide) groups is 1. The molecule has 1 aliphatic rings. The molecule has 2 rings (SSSR count). The number of carbonyl (C=O) groups is 3. The van der Waals surface area contributed by atoms with Crippen LogP contribution in [0.2, 0.25) is 0 Å². The van der Waals surface area contributed by atoms with Gasteiger partial charge in [-0.05, 0) is 23.9 Å². The zero-order chi connectivity index (χ0) is 16.1. The fourth-order valence-electron chi connectivity index (χ4n) is 2.02. The van der Waals surface area contributed by atoms with Crippen LogP contribution in [0, 0.1) is 0 Å². The molecule has 1 aromatic rings. The summed E-state index contributed by atoms with van der Waals surface area (Å²) in [4.78, 5) is 35.3. The monoisotopic (exact) mass is 340 g/mol. The van der Waals surface area contributed by atoms with E-state index in [1.165, 1.54) is 23.1 Å². The number of aliphatic carboxylic acids is 1. The summed E-state index contributed by atoms with van der Waals surface area (Å²) in [6.45, 7) is 1.73. The second-order valence-corrected chi connectivity index (χ2v) is 6.98. The Bertz CT molecular complexity index is 598. The molecule has 1 amide bonds. The minimum atomic E-state index is -1.06. The Morgan fingerprint density at radius 2 is 2.36 bits per heavy atom. The van der Waals surface area contributed by atoms with Crippen LogP contribution in [0.25, 0.3) is 0 Å². The van der Waals surface area contributed by atoms with Crippen molar-refractivity contribution in [1.29, 1.82) is 0 Å². The lowest BCUT2D eigenvalue weighted by Crippen LogP contribution is -2.51. The fraction of sp³-hybridized carbons (Fsp3) is 0.357. The van der Waals surface area contributed by atoms with Crippen molar-refractivity contribution in [1.82, 2.24) is 10.6 Å². The summed E-state index contributed by atoms with van der Waals surface area (Å²) < 4.78 is 0. The van der Waals surface area contributed by atoms with Gasteiger partial charge >= 0.3 is 5.97 Å². The molecule has 0 spiro atoms. The third-order valence-electron chi connectivity index (χ3n) is 3.12. The first-order valence-electron chi connectivity index (χ1n) is 6.59. The van der Waals surface area contributed by atoms with Crippen molar-refractivity contribution in [2.45, 2.75) is 24.8 Å². The minimum Gasteiger partial charge on any atom is -0.477 e. The first kappa shape index (κ1) is 16.6. The number of nitrogens with one attached hydrogen (secondary N) is 2. The highest BCUT2D eigenvalue weighted by molar-refractivity contribution is 8.00. The van der Waals surface area contributed by atoms with Crippen LogP contribution in [-0.2, 0) is 20.8 Å². The smallest absolute Gasteiger partial charge is 0.351 e. The van der Waals surface area contributed by atoms with Gasteiger partial charge in [0.05, 0.1) is 6.42 Å². The highest BCUT2D eigenvalue weighted by Crippen LogP contribution is 2.24. The Hall–Kier alpha value is -1.80. The van der Waals surface area contributed by atoms with Crippen molar-refractivity contribution in [2.24, 2.45) is 0 Å². The maximum absolute atomic E-state index is 12.0. The van der Waals surface area contributed by atoms with E-state index < -0.39 is 17.4 Å². The van der Waals surface area contributed by atoms with Crippen LogP contribution in [-0.4, -0.2) is 40.4 Å². The predicted octanol–water partition coefficient (Wildman–Crippen LogP) is 0.995. The normalized spacial score (nSPS) is 19.2. The molecule has 2 heterocycles. The zero-order valence-corrected chi connectivity index (χ0v) is 13.5. The van der Waals surface area contributed by atoms with Crippen LogP contribution in [0.4, 0.5) is 0 Å². The van der Waals surface area contributed by atoms with Crippen LogP contribution in [0.1, 0.15) is 11.8 Å². The van der Waals surface area contributed by atoms with Crippen LogP contribution in [0.15, 0.2) is 28.8 Å². The molecule has 1 aliphatic heterocycles. The summed E-state index contributed by atoms with van der Waals surface area (Å²) in [6, 6.07) is 2.93. The average Bonchev–Trinajstić information content (AvgIpc) is 2.98. The molecule has 2 unspecified atom stereocenters. The molecule has 0 aromatic carbocycles. The molecule has 22 heavy (non-hydrogen) atoms. The number of hydrogen-bond donors (Lipinski definition) is 3. The number of aldehydes is 1. The Kier molecular flexibility index (Phi) is 5.62. The van der Waals surface area contributed by atoms with Gasteiger partial charge in [0.25, 0.3) is 0 Å². The van der Waals surface area contributed by atoms with E-state index in [1.807, 2.05) is 17.5 Å². The Morgan fingerprint density at radius 1 is 1.59 bits per heavy atom. The minimum absolute atomic E-state index is 0.100. The SMILES string of the molecule is CC1=C(C(=O)O)NC(C(C=O)NC(=O)Cc2cccs2)SC1. The lowest BCUT2D eigenvalue weighted by atomic mass is 10.2. The van der Waals surface area contributed by atoms with E-state index in [0.29, 0.717) is 17.6 Å². The summed E-state index contributed by atoms with van der Waals surface area (Å²) in [7, 11) is 0. The Balaban J connectivity index is 1.98. The van der Waals surface area contributed by atoms with E-state index in [-0.39, 0.29) is 18.0 Å². The molecule has 2 atom stereocenters. The lowest BCUT2D eigenvalue weighted by molar-refractivity contribution is -0.133. The largest absolute Gasteiger partial charge is 0.477 e. The number of thiophene rings is 1. The number of rotatable bonds is 6. The average molecular weight is 340 g/mol. The summed E-state index contributed by atoms with van der Waals surface area (Å²) in [5.74, 6) is -0.813. The van der Waals surface area contributed by atoms with E-state index in [0.717, 1.165) is 4.88 Å². The summed E-state index contributed by atoms with van der Waals surface area (Å²) in [6.07, 6.45) is 0.844. The molecule has 118 valence electrons. The van der Waals surface area contributed by atoms with Crippen LogP contribution >= 0.6 is 23.1 Å². The summed E-state index contributed by atoms with van der Waals surface area (Å²) in [5.41, 5.74) is 0.811. The van der Waals surface area contributed by atoms with Gasteiger partial charge < -0.3 is 20.5 Å². The maximum atomic E-state index is 12.0. The topological polar surface area (TPSA) is 95.5 Å². The van der Waals surface area contributed by atoms with Gasteiger partial charge in [0, 0.05) is 10.6 Å². The summed E-state index contributed by atoms with van der Waals surface area (Å²) in [5, 5.41) is 16.0. The number of carbonyl (C=O) groups excluding carboxylic acids is 2. The third kappa shape index (κ3) is 4.11. The van der Waals surface area contributed by atoms with Crippen molar-refractivity contribution in [2.75, 3.05) is 5.75 Å². The highest BCUT2D eigenvalue weighted by atomic mass is 32.2. The number of carboxylic acid groups (broad SMARTS) is 1. The van der Waals surface area contributed by atoms with Crippen LogP contribution in [0.5, 0.6) is 0 Å².